The van der Waals surface area contributed by atoms with Crippen LogP contribution in [-0.2, 0) is 4.79 Å². The molecule has 0 saturated heterocycles. The first-order valence-corrected chi connectivity index (χ1v) is 6.31. The molecular weight excluding hydrogens is 268 g/mol. The standard InChI is InChI=1S/C13H11BrO2/c14-7-3-5-10-8-9-4-1-2-6-11(9)13(16)12(10)15/h1-2,4,6,8H,3,5,7H2. The molecule has 1 aliphatic rings. The molecule has 1 aliphatic carbocycles. The van der Waals surface area contributed by atoms with Crippen LogP contribution in [0.3, 0.4) is 0 Å². The Hall–Kier alpha value is -1.22. The molecule has 0 radical (unpaired) electrons. The smallest absolute Gasteiger partial charge is 0.233 e. The van der Waals surface area contributed by atoms with Gasteiger partial charge in [-0.15, -0.1) is 0 Å². The van der Waals surface area contributed by atoms with Crippen LogP contribution in [0, 0.1) is 0 Å². The Morgan fingerprint density at radius 2 is 1.81 bits per heavy atom. The van der Waals surface area contributed by atoms with Crippen LogP contribution in [0.5, 0.6) is 0 Å². The quantitative estimate of drug-likeness (QED) is 0.629. The third kappa shape index (κ3) is 2.00. The molecule has 0 N–H and O–H groups in total. The van der Waals surface area contributed by atoms with Crippen molar-refractivity contribution in [3.8, 4) is 0 Å². The zero-order valence-corrected chi connectivity index (χ0v) is 10.3. The van der Waals surface area contributed by atoms with Gasteiger partial charge >= 0.3 is 0 Å². The summed E-state index contributed by atoms with van der Waals surface area (Å²) in [5.41, 5.74) is 2.01. The Morgan fingerprint density at radius 1 is 1.06 bits per heavy atom. The molecule has 1 aromatic rings. The van der Waals surface area contributed by atoms with Gasteiger partial charge in [-0.25, -0.2) is 0 Å². The van der Waals surface area contributed by atoms with Gasteiger partial charge in [0.1, 0.15) is 0 Å². The summed E-state index contributed by atoms with van der Waals surface area (Å²) in [4.78, 5) is 23.5. The van der Waals surface area contributed by atoms with E-state index in [0.717, 1.165) is 17.3 Å². The highest BCUT2D eigenvalue weighted by molar-refractivity contribution is 9.09. The molecule has 0 fully saturated rings. The van der Waals surface area contributed by atoms with Crippen LogP contribution in [-0.4, -0.2) is 16.9 Å². The van der Waals surface area contributed by atoms with Crippen molar-refractivity contribution in [3.05, 3.63) is 41.0 Å². The first-order valence-electron chi connectivity index (χ1n) is 5.18. The fourth-order valence-electron chi connectivity index (χ4n) is 1.79. The SMILES string of the molecule is O=C1C(=O)c2ccccc2C=C1CCCBr. The minimum Gasteiger partial charge on any atom is -0.285 e. The zero-order valence-electron chi connectivity index (χ0n) is 8.70. The van der Waals surface area contributed by atoms with Crippen molar-refractivity contribution in [2.24, 2.45) is 0 Å². The highest BCUT2D eigenvalue weighted by Crippen LogP contribution is 2.24. The number of hydrogen-bond donors (Lipinski definition) is 0. The number of Topliss-reactive ketones (excluding diaryl/α,β-unsaturated/α-hetero) is 2. The lowest BCUT2D eigenvalue weighted by atomic mass is 9.88. The Bertz CT molecular complexity index is 475. The molecule has 0 amide bonds. The number of carbonyl (C=O) groups excluding carboxylic acids is 2. The molecule has 1 aromatic carbocycles. The van der Waals surface area contributed by atoms with Crippen LogP contribution in [0.25, 0.3) is 6.08 Å². The van der Waals surface area contributed by atoms with E-state index in [1.165, 1.54) is 0 Å². The van der Waals surface area contributed by atoms with Crippen molar-refractivity contribution < 1.29 is 9.59 Å². The molecule has 0 aliphatic heterocycles. The van der Waals surface area contributed by atoms with Gasteiger partial charge in [-0.05, 0) is 24.5 Å². The summed E-state index contributed by atoms with van der Waals surface area (Å²) >= 11 is 3.32. The average Bonchev–Trinajstić information content (AvgIpc) is 2.32. The Balaban J connectivity index is 2.39. The van der Waals surface area contributed by atoms with Gasteiger partial charge < -0.3 is 0 Å². The molecule has 3 heteroatoms. The third-order valence-electron chi connectivity index (χ3n) is 2.61. The molecule has 0 bridgehead atoms. The fourth-order valence-corrected chi connectivity index (χ4v) is 2.07. The zero-order chi connectivity index (χ0) is 11.5. The lowest BCUT2D eigenvalue weighted by Gasteiger charge is -2.13. The second kappa shape index (κ2) is 4.74. The first-order chi connectivity index (χ1) is 7.74. The number of fused-ring (bicyclic) bond motifs is 1. The molecule has 0 unspecified atom stereocenters. The van der Waals surface area contributed by atoms with Crippen molar-refractivity contribution in [2.75, 3.05) is 5.33 Å². The first kappa shape index (κ1) is 11.3. The van der Waals surface area contributed by atoms with Crippen LogP contribution in [0.1, 0.15) is 28.8 Å². The van der Waals surface area contributed by atoms with E-state index in [-0.39, 0.29) is 11.6 Å². The van der Waals surface area contributed by atoms with Crippen LogP contribution < -0.4 is 0 Å². The summed E-state index contributed by atoms with van der Waals surface area (Å²) in [6.45, 7) is 0. The molecule has 0 atom stereocenters. The normalized spacial score (nSPS) is 14.7. The number of rotatable bonds is 3. The lowest BCUT2D eigenvalue weighted by molar-refractivity contribution is -0.112. The highest BCUT2D eigenvalue weighted by Gasteiger charge is 2.26. The predicted octanol–water partition coefficient (Wildman–Crippen LogP) is 3.01. The number of benzene rings is 1. The molecule has 16 heavy (non-hydrogen) atoms. The number of halogens is 1. The van der Waals surface area contributed by atoms with E-state index in [9.17, 15) is 9.59 Å². The van der Waals surface area contributed by atoms with E-state index in [2.05, 4.69) is 15.9 Å². The van der Waals surface area contributed by atoms with Gasteiger partial charge in [0.05, 0.1) is 0 Å². The summed E-state index contributed by atoms with van der Waals surface area (Å²) < 4.78 is 0. The van der Waals surface area contributed by atoms with Gasteiger partial charge in [0.25, 0.3) is 0 Å². The average molecular weight is 279 g/mol. The summed E-state index contributed by atoms with van der Waals surface area (Å²) in [5, 5.41) is 0.841. The molecule has 2 rings (SSSR count). The van der Waals surface area contributed by atoms with Crippen molar-refractivity contribution in [1.82, 2.24) is 0 Å². The molecular formula is C13H11BrO2. The van der Waals surface area contributed by atoms with Gasteiger partial charge in [-0.3, -0.25) is 9.59 Å². The number of carbonyl (C=O) groups is 2. The molecule has 0 aromatic heterocycles. The number of allylic oxidation sites excluding steroid dienone is 1. The molecule has 0 saturated carbocycles. The van der Waals surface area contributed by atoms with E-state index in [1.807, 2.05) is 18.2 Å². The van der Waals surface area contributed by atoms with Gasteiger partial charge in [0.15, 0.2) is 0 Å². The third-order valence-corrected chi connectivity index (χ3v) is 3.17. The summed E-state index contributed by atoms with van der Waals surface area (Å²) in [7, 11) is 0. The van der Waals surface area contributed by atoms with Crippen LogP contribution in [0.2, 0.25) is 0 Å². The van der Waals surface area contributed by atoms with Crippen molar-refractivity contribution in [1.29, 1.82) is 0 Å². The fraction of sp³-hybridized carbons (Fsp3) is 0.231. The van der Waals surface area contributed by atoms with Gasteiger partial charge in [-0.2, -0.15) is 0 Å². The number of ketones is 2. The summed E-state index contributed by atoms with van der Waals surface area (Å²) in [6, 6.07) is 7.23. The number of alkyl halides is 1. The van der Waals surface area contributed by atoms with Crippen molar-refractivity contribution in [2.45, 2.75) is 12.8 Å². The predicted molar refractivity (Wildman–Crippen MR) is 66.8 cm³/mol. The summed E-state index contributed by atoms with van der Waals surface area (Å²) in [6.07, 6.45) is 3.36. The molecule has 2 nitrogen and oxygen atoms in total. The van der Waals surface area contributed by atoms with Crippen molar-refractivity contribution in [3.63, 3.8) is 0 Å². The van der Waals surface area contributed by atoms with E-state index in [0.29, 0.717) is 17.6 Å². The van der Waals surface area contributed by atoms with Gasteiger partial charge in [0, 0.05) is 16.5 Å². The maximum atomic E-state index is 11.8. The maximum absolute atomic E-state index is 11.8. The van der Waals surface area contributed by atoms with Crippen molar-refractivity contribution >= 4 is 33.6 Å². The Labute approximate surface area is 102 Å². The molecule has 0 heterocycles. The van der Waals surface area contributed by atoms with Gasteiger partial charge in [-0.1, -0.05) is 40.2 Å². The Morgan fingerprint density at radius 3 is 2.56 bits per heavy atom. The largest absolute Gasteiger partial charge is 0.285 e. The second-order valence-electron chi connectivity index (χ2n) is 3.71. The highest BCUT2D eigenvalue weighted by atomic mass is 79.9. The van der Waals surface area contributed by atoms with E-state index in [1.54, 1.807) is 12.1 Å². The monoisotopic (exact) mass is 278 g/mol. The molecule has 82 valence electrons. The van der Waals surface area contributed by atoms with Gasteiger partial charge in [0.2, 0.25) is 11.6 Å². The summed E-state index contributed by atoms with van der Waals surface area (Å²) in [5.74, 6) is -0.720. The minimum absolute atomic E-state index is 0.348. The van der Waals surface area contributed by atoms with Crippen LogP contribution >= 0.6 is 15.9 Å². The van der Waals surface area contributed by atoms with E-state index < -0.39 is 0 Å². The van der Waals surface area contributed by atoms with E-state index >= 15 is 0 Å². The topological polar surface area (TPSA) is 34.1 Å². The second-order valence-corrected chi connectivity index (χ2v) is 4.50. The number of hydrogen-bond acceptors (Lipinski definition) is 2. The molecule has 0 spiro atoms. The maximum Gasteiger partial charge on any atom is 0.233 e. The van der Waals surface area contributed by atoms with E-state index in [4.69, 9.17) is 0 Å². The lowest BCUT2D eigenvalue weighted by Crippen LogP contribution is -2.21. The minimum atomic E-state index is -0.373. The van der Waals surface area contributed by atoms with Crippen LogP contribution in [0.15, 0.2) is 29.8 Å². The Kier molecular flexibility index (Phi) is 3.34. The van der Waals surface area contributed by atoms with Crippen LogP contribution in [0.4, 0.5) is 0 Å².